The highest BCUT2D eigenvalue weighted by Crippen LogP contribution is 2.11. The first kappa shape index (κ1) is 28.7. The SMILES string of the molecule is CC(C)C(NC(=O)C(CS)NC(=O)C(Cc1cnc[nH]1)NC(=O)C(N)Cc1ccc(O)cc1)C(=O)O. The van der Waals surface area contributed by atoms with Crippen LogP contribution in [0.2, 0.25) is 0 Å². The molecule has 3 amide bonds. The van der Waals surface area contributed by atoms with Gasteiger partial charge in [-0.2, -0.15) is 12.6 Å². The highest BCUT2D eigenvalue weighted by Gasteiger charge is 2.31. The second-order valence-corrected chi connectivity index (χ2v) is 9.00. The molecule has 196 valence electrons. The second-order valence-electron chi connectivity index (χ2n) is 8.63. The van der Waals surface area contributed by atoms with Crippen molar-refractivity contribution in [3.63, 3.8) is 0 Å². The van der Waals surface area contributed by atoms with E-state index in [1.807, 2.05) is 0 Å². The van der Waals surface area contributed by atoms with Gasteiger partial charge in [-0.05, 0) is 30.0 Å². The minimum atomic E-state index is -1.20. The van der Waals surface area contributed by atoms with Gasteiger partial charge in [0.15, 0.2) is 0 Å². The minimum Gasteiger partial charge on any atom is -0.508 e. The van der Waals surface area contributed by atoms with Crippen LogP contribution >= 0.6 is 12.6 Å². The first-order valence-corrected chi connectivity index (χ1v) is 11.9. The third-order valence-corrected chi connectivity index (χ3v) is 5.75. The quantitative estimate of drug-likeness (QED) is 0.159. The van der Waals surface area contributed by atoms with Crippen molar-refractivity contribution in [2.24, 2.45) is 11.7 Å². The molecule has 36 heavy (non-hydrogen) atoms. The molecule has 1 aromatic heterocycles. The molecule has 0 aliphatic heterocycles. The van der Waals surface area contributed by atoms with E-state index in [-0.39, 0.29) is 30.3 Å². The molecule has 0 saturated carbocycles. The van der Waals surface area contributed by atoms with Crippen molar-refractivity contribution < 1.29 is 29.4 Å². The summed E-state index contributed by atoms with van der Waals surface area (Å²) in [5.41, 5.74) is 7.31. The Hall–Kier alpha value is -3.58. The summed E-state index contributed by atoms with van der Waals surface area (Å²) in [5.74, 6) is -3.60. The van der Waals surface area contributed by atoms with Crippen molar-refractivity contribution in [3.05, 3.63) is 48.0 Å². The standard InChI is InChI=1S/C23H32N6O6S/c1-12(2)19(23(34)35)29-22(33)18(10-36)28-21(32)17(8-14-9-25-11-26-14)27-20(31)16(24)7-13-3-5-15(30)6-4-13/h3-6,9,11-12,16-19,30,36H,7-8,10,24H2,1-2H3,(H,25,26)(H,27,31)(H,28,32)(H,29,33)(H,34,35). The maximum Gasteiger partial charge on any atom is 0.326 e. The Kier molecular flexibility index (Phi) is 10.7. The molecule has 2 aromatic rings. The van der Waals surface area contributed by atoms with Crippen LogP contribution in [0.4, 0.5) is 0 Å². The summed E-state index contributed by atoms with van der Waals surface area (Å²) >= 11 is 4.11. The number of rotatable bonds is 13. The molecule has 1 heterocycles. The second kappa shape index (κ2) is 13.5. The molecule has 1 aromatic carbocycles. The van der Waals surface area contributed by atoms with Crippen molar-refractivity contribution in [2.45, 2.75) is 50.9 Å². The van der Waals surface area contributed by atoms with Crippen LogP contribution in [-0.4, -0.2) is 73.8 Å². The number of aliphatic carboxylic acids is 1. The van der Waals surface area contributed by atoms with Crippen molar-refractivity contribution in [2.75, 3.05) is 5.75 Å². The normalized spacial score (nSPS) is 14.4. The van der Waals surface area contributed by atoms with Crippen LogP contribution in [0.25, 0.3) is 0 Å². The molecule has 0 radical (unpaired) electrons. The fourth-order valence-electron chi connectivity index (χ4n) is 3.32. The Balaban J connectivity index is 2.11. The van der Waals surface area contributed by atoms with E-state index in [2.05, 4.69) is 38.5 Å². The molecule has 0 aliphatic rings. The number of aromatic amines is 1. The number of phenols is 1. The van der Waals surface area contributed by atoms with Gasteiger partial charge in [0.05, 0.1) is 12.4 Å². The third-order valence-electron chi connectivity index (χ3n) is 5.39. The van der Waals surface area contributed by atoms with Gasteiger partial charge in [0.2, 0.25) is 17.7 Å². The monoisotopic (exact) mass is 520 g/mol. The van der Waals surface area contributed by atoms with Gasteiger partial charge >= 0.3 is 5.97 Å². The summed E-state index contributed by atoms with van der Waals surface area (Å²) in [6.45, 7) is 3.29. The molecule has 0 spiro atoms. The van der Waals surface area contributed by atoms with Crippen molar-refractivity contribution in [1.82, 2.24) is 25.9 Å². The number of hydrogen-bond acceptors (Lipinski definition) is 8. The van der Waals surface area contributed by atoms with E-state index >= 15 is 0 Å². The predicted octanol–water partition coefficient (Wildman–Crippen LogP) is -0.647. The summed E-state index contributed by atoms with van der Waals surface area (Å²) in [4.78, 5) is 56.7. The Morgan fingerprint density at radius 3 is 2.14 bits per heavy atom. The number of phenolic OH excluding ortho intramolecular Hbond substituents is 1. The first-order valence-electron chi connectivity index (χ1n) is 11.3. The lowest BCUT2D eigenvalue weighted by Gasteiger charge is -2.25. The molecule has 8 N–H and O–H groups in total. The van der Waals surface area contributed by atoms with E-state index in [4.69, 9.17) is 5.73 Å². The van der Waals surface area contributed by atoms with E-state index in [1.54, 1.807) is 26.0 Å². The lowest BCUT2D eigenvalue weighted by Crippen LogP contribution is -2.58. The van der Waals surface area contributed by atoms with Gasteiger partial charge < -0.3 is 36.9 Å². The molecule has 13 heteroatoms. The van der Waals surface area contributed by atoms with E-state index < -0.39 is 47.9 Å². The zero-order valence-electron chi connectivity index (χ0n) is 20.0. The highest BCUT2D eigenvalue weighted by atomic mass is 32.1. The molecule has 0 fully saturated rings. The number of nitrogens with zero attached hydrogens (tertiary/aromatic N) is 1. The van der Waals surface area contributed by atoms with Crippen molar-refractivity contribution >= 4 is 36.3 Å². The average molecular weight is 521 g/mol. The highest BCUT2D eigenvalue weighted by molar-refractivity contribution is 7.80. The molecular formula is C23H32N6O6S. The molecule has 12 nitrogen and oxygen atoms in total. The Bertz CT molecular complexity index is 1030. The lowest BCUT2D eigenvalue weighted by atomic mass is 10.0. The Morgan fingerprint density at radius 2 is 1.61 bits per heavy atom. The predicted molar refractivity (Wildman–Crippen MR) is 134 cm³/mol. The third kappa shape index (κ3) is 8.57. The number of nitrogens with one attached hydrogen (secondary N) is 4. The van der Waals surface area contributed by atoms with Crippen molar-refractivity contribution in [1.29, 1.82) is 0 Å². The molecule has 4 unspecified atom stereocenters. The number of amides is 3. The molecule has 0 bridgehead atoms. The number of thiol groups is 1. The van der Waals surface area contributed by atoms with Crippen LogP contribution in [-0.2, 0) is 32.0 Å². The van der Waals surface area contributed by atoms with Crippen LogP contribution < -0.4 is 21.7 Å². The summed E-state index contributed by atoms with van der Waals surface area (Å²) < 4.78 is 0. The zero-order chi connectivity index (χ0) is 26.8. The zero-order valence-corrected chi connectivity index (χ0v) is 20.9. The summed E-state index contributed by atoms with van der Waals surface area (Å²) in [6, 6.07) is 1.83. The lowest BCUT2D eigenvalue weighted by molar-refractivity contribution is -0.143. The van der Waals surface area contributed by atoms with Gasteiger partial charge in [0, 0.05) is 24.1 Å². The number of nitrogens with two attached hydrogens (primary N) is 1. The number of imidazole rings is 1. The summed E-state index contributed by atoms with van der Waals surface area (Å²) in [6.07, 6.45) is 3.11. The Labute approximate surface area is 213 Å². The van der Waals surface area contributed by atoms with Crippen LogP contribution in [0.1, 0.15) is 25.1 Å². The van der Waals surface area contributed by atoms with Gasteiger partial charge in [0.1, 0.15) is 23.9 Å². The van der Waals surface area contributed by atoms with Gasteiger partial charge in [-0.15, -0.1) is 0 Å². The fraction of sp³-hybridized carbons (Fsp3) is 0.435. The number of H-pyrrole nitrogens is 1. The van der Waals surface area contributed by atoms with E-state index in [0.29, 0.717) is 5.69 Å². The average Bonchev–Trinajstić information content (AvgIpc) is 3.34. The van der Waals surface area contributed by atoms with Crippen LogP contribution in [0, 0.1) is 5.92 Å². The van der Waals surface area contributed by atoms with Crippen LogP contribution in [0.5, 0.6) is 5.75 Å². The Morgan fingerprint density at radius 1 is 1.00 bits per heavy atom. The van der Waals surface area contributed by atoms with E-state index in [9.17, 15) is 29.4 Å². The summed E-state index contributed by atoms with van der Waals surface area (Å²) in [5, 5.41) is 26.3. The van der Waals surface area contributed by atoms with Crippen molar-refractivity contribution in [3.8, 4) is 5.75 Å². The maximum atomic E-state index is 13.1. The molecule has 0 saturated heterocycles. The molecule has 2 rings (SSSR count). The van der Waals surface area contributed by atoms with Crippen LogP contribution in [0.15, 0.2) is 36.8 Å². The van der Waals surface area contributed by atoms with Gasteiger partial charge in [-0.1, -0.05) is 26.0 Å². The first-order chi connectivity index (χ1) is 17.0. The van der Waals surface area contributed by atoms with Gasteiger partial charge in [-0.25, -0.2) is 9.78 Å². The molecule has 4 atom stereocenters. The number of aromatic hydroxyl groups is 1. The van der Waals surface area contributed by atoms with E-state index in [1.165, 1.54) is 24.7 Å². The largest absolute Gasteiger partial charge is 0.508 e. The maximum absolute atomic E-state index is 13.1. The number of benzene rings is 1. The smallest absolute Gasteiger partial charge is 0.326 e. The number of carboxylic acids is 1. The number of aromatic nitrogens is 2. The molecular weight excluding hydrogens is 488 g/mol. The summed E-state index contributed by atoms with van der Waals surface area (Å²) in [7, 11) is 0. The number of hydrogen-bond donors (Lipinski definition) is 8. The number of carbonyl (C=O) groups is 4. The van der Waals surface area contributed by atoms with E-state index in [0.717, 1.165) is 5.56 Å². The van der Waals surface area contributed by atoms with Gasteiger partial charge in [0.25, 0.3) is 0 Å². The molecule has 0 aliphatic carbocycles. The minimum absolute atomic E-state index is 0.0359. The topological polar surface area (TPSA) is 200 Å². The number of carbonyl (C=O) groups excluding carboxylic acids is 3. The van der Waals surface area contributed by atoms with Crippen LogP contribution in [0.3, 0.4) is 0 Å². The number of carboxylic acid groups (broad SMARTS) is 1. The fourth-order valence-corrected chi connectivity index (χ4v) is 3.57. The van der Waals surface area contributed by atoms with Gasteiger partial charge in [-0.3, -0.25) is 14.4 Å².